The lowest BCUT2D eigenvalue weighted by Crippen LogP contribution is -2.28. The Kier molecular flexibility index (Phi) is 5.86. The minimum atomic E-state index is -0.221. The van der Waals surface area contributed by atoms with Gasteiger partial charge in [0.05, 0.1) is 11.0 Å². The topological polar surface area (TPSA) is 4.93 Å². The van der Waals surface area contributed by atoms with Crippen LogP contribution < -0.4 is 0 Å². The first-order valence-corrected chi connectivity index (χ1v) is 14.2. The van der Waals surface area contributed by atoms with Crippen molar-refractivity contribution in [2.45, 2.75) is 18.8 Å². The summed E-state index contributed by atoms with van der Waals surface area (Å²) in [7, 11) is 0. The average molecular weight is 567 g/mol. The second-order valence-electron chi connectivity index (χ2n) is 10.5. The van der Waals surface area contributed by atoms with Crippen molar-refractivity contribution in [3.05, 3.63) is 150 Å². The van der Waals surface area contributed by atoms with E-state index in [2.05, 4.69) is 167 Å². The van der Waals surface area contributed by atoms with Gasteiger partial charge in [0.2, 0.25) is 0 Å². The minimum Gasteiger partial charge on any atom is -0.312 e. The van der Waals surface area contributed by atoms with Crippen LogP contribution in [0.1, 0.15) is 18.9 Å². The number of benzene rings is 5. The van der Waals surface area contributed by atoms with Crippen molar-refractivity contribution < 1.29 is 0 Å². The van der Waals surface area contributed by atoms with Crippen LogP contribution in [0.4, 0.5) is 0 Å². The largest absolute Gasteiger partial charge is 0.312 e. The predicted molar refractivity (Wildman–Crippen MR) is 170 cm³/mol. The third kappa shape index (κ3) is 3.99. The zero-order chi connectivity index (χ0) is 26.4. The highest BCUT2D eigenvalue weighted by molar-refractivity contribution is 9.10. The van der Waals surface area contributed by atoms with Crippen molar-refractivity contribution in [3.63, 3.8) is 0 Å². The van der Waals surface area contributed by atoms with Gasteiger partial charge in [-0.2, -0.15) is 0 Å². The number of nitrogens with zero attached hydrogens (tertiary/aromatic N) is 1. The molecule has 0 fully saturated rings. The number of allylic oxidation sites excluding steroid dienone is 4. The number of aromatic nitrogens is 1. The van der Waals surface area contributed by atoms with Gasteiger partial charge in [0.25, 0.3) is 0 Å². The standard InChI is InChI=1S/C37H28BrN/c1-37(33-18-7-5-16-30(33)26-12-3-2-4-13-26)23-10-9-20-36(37)39-34-19-8-6-17-31(34)32-22-21-28(25-35(32)39)27-14-11-15-29(38)24-27/h2-22,24-25H,23H2,1H3. The van der Waals surface area contributed by atoms with E-state index in [1.807, 2.05) is 0 Å². The van der Waals surface area contributed by atoms with Crippen LogP contribution in [0.3, 0.4) is 0 Å². The summed E-state index contributed by atoms with van der Waals surface area (Å²) in [5, 5.41) is 2.56. The maximum Gasteiger partial charge on any atom is 0.0544 e. The van der Waals surface area contributed by atoms with Crippen molar-refractivity contribution in [1.82, 2.24) is 4.57 Å². The monoisotopic (exact) mass is 565 g/mol. The number of fused-ring (bicyclic) bond motifs is 3. The molecule has 1 atom stereocenters. The van der Waals surface area contributed by atoms with Crippen molar-refractivity contribution in [3.8, 4) is 22.3 Å². The van der Waals surface area contributed by atoms with Gasteiger partial charge >= 0.3 is 0 Å². The molecule has 0 saturated heterocycles. The van der Waals surface area contributed by atoms with Crippen LogP contribution in [0, 0.1) is 0 Å². The van der Waals surface area contributed by atoms with Crippen LogP contribution in [0.15, 0.2) is 144 Å². The van der Waals surface area contributed by atoms with E-state index in [9.17, 15) is 0 Å². The van der Waals surface area contributed by atoms with Crippen LogP contribution in [0.5, 0.6) is 0 Å². The quantitative estimate of drug-likeness (QED) is 0.200. The first kappa shape index (κ1) is 23.9. The summed E-state index contributed by atoms with van der Waals surface area (Å²) in [5.41, 5.74) is 9.86. The van der Waals surface area contributed by atoms with Gasteiger partial charge in [-0.05, 0) is 71.5 Å². The van der Waals surface area contributed by atoms with Gasteiger partial charge < -0.3 is 4.57 Å². The fourth-order valence-corrected chi connectivity index (χ4v) is 6.63. The molecule has 1 aliphatic rings. The van der Waals surface area contributed by atoms with Gasteiger partial charge in [0.15, 0.2) is 0 Å². The Morgan fingerprint density at radius 3 is 2.23 bits per heavy atom. The number of rotatable bonds is 4. The molecule has 1 aromatic heterocycles. The number of halogens is 1. The molecular formula is C37H28BrN. The molecule has 5 aromatic carbocycles. The van der Waals surface area contributed by atoms with E-state index >= 15 is 0 Å². The lowest BCUT2D eigenvalue weighted by Gasteiger charge is -2.37. The van der Waals surface area contributed by atoms with E-state index in [4.69, 9.17) is 0 Å². The summed E-state index contributed by atoms with van der Waals surface area (Å²) in [6.45, 7) is 2.41. The Bertz CT molecular complexity index is 1910. The second-order valence-corrected chi connectivity index (χ2v) is 11.4. The SMILES string of the molecule is CC1(c2ccccc2-c2ccccc2)CC=CC=C1n1c2ccccc2c2ccc(-c3cccc(Br)c3)cc21. The van der Waals surface area contributed by atoms with Crippen LogP contribution in [0.25, 0.3) is 49.8 Å². The summed E-state index contributed by atoms with van der Waals surface area (Å²) in [6, 6.07) is 44.0. The number of para-hydroxylation sites is 1. The second kappa shape index (κ2) is 9.55. The Morgan fingerprint density at radius 2 is 1.36 bits per heavy atom. The summed E-state index contributed by atoms with van der Waals surface area (Å²) in [5.74, 6) is 0. The first-order valence-electron chi connectivity index (χ1n) is 13.5. The molecule has 6 aromatic rings. The third-order valence-corrected chi connectivity index (χ3v) is 8.65. The molecule has 1 aliphatic carbocycles. The van der Waals surface area contributed by atoms with Gasteiger partial charge in [-0.25, -0.2) is 0 Å². The van der Waals surface area contributed by atoms with E-state index < -0.39 is 0 Å². The smallest absolute Gasteiger partial charge is 0.0544 e. The van der Waals surface area contributed by atoms with Gasteiger partial charge in [0.1, 0.15) is 0 Å². The maximum absolute atomic E-state index is 3.66. The van der Waals surface area contributed by atoms with E-state index in [1.165, 1.54) is 55.3 Å². The first-order chi connectivity index (χ1) is 19.1. The van der Waals surface area contributed by atoms with Crippen LogP contribution in [-0.4, -0.2) is 4.57 Å². The number of hydrogen-bond donors (Lipinski definition) is 0. The predicted octanol–water partition coefficient (Wildman–Crippen LogP) is 10.6. The zero-order valence-electron chi connectivity index (χ0n) is 21.8. The minimum absolute atomic E-state index is 0.221. The summed E-state index contributed by atoms with van der Waals surface area (Å²) in [6.07, 6.45) is 7.79. The van der Waals surface area contributed by atoms with E-state index in [-0.39, 0.29) is 5.41 Å². The highest BCUT2D eigenvalue weighted by atomic mass is 79.9. The Labute approximate surface area is 237 Å². The fraction of sp³-hybridized carbons (Fsp3) is 0.0811. The summed E-state index contributed by atoms with van der Waals surface area (Å²) >= 11 is 3.66. The third-order valence-electron chi connectivity index (χ3n) is 8.16. The lowest BCUT2D eigenvalue weighted by molar-refractivity contribution is 0.599. The van der Waals surface area contributed by atoms with E-state index in [0.29, 0.717) is 0 Å². The molecule has 0 bridgehead atoms. The van der Waals surface area contributed by atoms with Gasteiger partial charge in [-0.1, -0.05) is 125 Å². The fourth-order valence-electron chi connectivity index (χ4n) is 6.23. The Hall–Kier alpha value is -4.14. The van der Waals surface area contributed by atoms with Gasteiger partial charge in [0, 0.05) is 26.4 Å². The highest BCUT2D eigenvalue weighted by Gasteiger charge is 2.36. The highest BCUT2D eigenvalue weighted by Crippen LogP contribution is 2.47. The van der Waals surface area contributed by atoms with Crippen molar-refractivity contribution in [1.29, 1.82) is 0 Å². The normalized spacial score (nSPS) is 17.0. The molecule has 1 nitrogen and oxygen atoms in total. The van der Waals surface area contributed by atoms with Gasteiger partial charge in [-0.15, -0.1) is 0 Å². The molecule has 39 heavy (non-hydrogen) atoms. The lowest BCUT2D eigenvalue weighted by atomic mass is 9.71. The molecule has 0 radical (unpaired) electrons. The summed E-state index contributed by atoms with van der Waals surface area (Å²) in [4.78, 5) is 0. The average Bonchev–Trinajstić information content (AvgIpc) is 3.31. The maximum atomic E-state index is 3.66. The molecule has 188 valence electrons. The molecule has 0 aliphatic heterocycles. The molecular weight excluding hydrogens is 538 g/mol. The van der Waals surface area contributed by atoms with Crippen LogP contribution in [-0.2, 0) is 5.41 Å². The molecule has 0 spiro atoms. The molecule has 7 rings (SSSR count). The number of hydrogen-bond acceptors (Lipinski definition) is 0. The van der Waals surface area contributed by atoms with Gasteiger partial charge in [-0.3, -0.25) is 0 Å². The molecule has 0 amide bonds. The molecule has 0 N–H and O–H groups in total. The van der Waals surface area contributed by atoms with E-state index in [0.717, 1.165) is 10.9 Å². The summed E-state index contributed by atoms with van der Waals surface area (Å²) < 4.78 is 3.60. The Morgan fingerprint density at radius 1 is 0.641 bits per heavy atom. The molecule has 0 saturated carbocycles. The van der Waals surface area contributed by atoms with E-state index in [1.54, 1.807) is 0 Å². The molecule has 1 heterocycles. The van der Waals surface area contributed by atoms with Crippen molar-refractivity contribution >= 4 is 43.4 Å². The van der Waals surface area contributed by atoms with Crippen LogP contribution >= 0.6 is 15.9 Å². The molecule has 1 unspecified atom stereocenters. The zero-order valence-corrected chi connectivity index (χ0v) is 23.4. The van der Waals surface area contributed by atoms with Crippen molar-refractivity contribution in [2.75, 3.05) is 0 Å². The van der Waals surface area contributed by atoms with Crippen molar-refractivity contribution in [2.24, 2.45) is 0 Å². The molecule has 2 heteroatoms. The Balaban J connectivity index is 1.50. The van der Waals surface area contributed by atoms with Crippen LogP contribution in [0.2, 0.25) is 0 Å².